The molecule has 0 aromatic heterocycles. The first-order valence-electron chi connectivity index (χ1n) is 6.01. The maximum absolute atomic E-state index is 2.61. The third kappa shape index (κ3) is 1.63. The molecule has 1 aromatic carbocycles. The molecule has 1 aromatic rings. The van der Waals surface area contributed by atoms with E-state index in [0.717, 1.165) is 0 Å². The summed E-state index contributed by atoms with van der Waals surface area (Å²) in [6.45, 7) is 3.83. The van der Waals surface area contributed by atoms with E-state index in [1.165, 1.54) is 44.6 Å². The third-order valence-corrected chi connectivity index (χ3v) is 3.62. The predicted molar refractivity (Wildman–Crippen MR) is 63.0 cm³/mol. The van der Waals surface area contributed by atoms with Crippen LogP contribution in [0.5, 0.6) is 0 Å². The summed E-state index contributed by atoms with van der Waals surface area (Å²) in [4.78, 5) is 5.18. The normalized spacial score (nSPS) is 26.7. The van der Waals surface area contributed by atoms with E-state index in [-0.39, 0.29) is 0 Å². The molecule has 1 atom stereocenters. The molecule has 0 aliphatic carbocycles. The van der Waals surface area contributed by atoms with E-state index in [1.54, 1.807) is 0 Å². The van der Waals surface area contributed by atoms with Gasteiger partial charge in [0.1, 0.15) is 0 Å². The zero-order valence-corrected chi connectivity index (χ0v) is 9.10. The van der Waals surface area contributed by atoms with Crippen LogP contribution in [0, 0.1) is 0 Å². The Labute approximate surface area is 91.5 Å². The van der Waals surface area contributed by atoms with Crippen LogP contribution in [0.4, 0.5) is 5.69 Å². The lowest BCUT2D eigenvalue weighted by atomic mass is 10.1. The Hall–Kier alpha value is -1.02. The molecular formula is C13H18N2. The number of likely N-dealkylation sites (tertiary alicyclic amines) is 1. The summed E-state index contributed by atoms with van der Waals surface area (Å²) in [5, 5.41) is 0. The van der Waals surface area contributed by atoms with E-state index in [9.17, 15) is 0 Å². The second-order valence-electron chi connectivity index (χ2n) is 4.54. The molecular weight excluding hydrogens is 184 g/mol. The Balaban J connectivity index is 1.79. The molecule has 2 aliphatic heterocycles. The minimum Gasteiger partial charge on any atom is -0.356 e. The molecule has 0 radical (unpaired) electrons. The van der Waals surface area contributed by atoms with Crippen LogP contribution in [-0.4, -0.2) is 30.7 Å². The molecule has 2 heteroatoms. The number of benzene rings is 1. The highest BCUT2D eigenvalue weighted by Crippen LogP contribution is 2.29. The van der Waals surface area contributed by atoms with Gasteiger partial charge in [0.05, 0.1) is 6.17 Å². The molecule has 2 aliphatic rings. The molecule has 80 valence electrons. The summed E-state index contributed by atoms with van der Waals surface area (Å²) in [5.41, 5.74) is 1.40. The molecule has 0 bridgehead atoms. The van der Waals surface area contributed by atoms with Crippen molar-refractivity contribution in [3.63, 3.8) is 0 Å². The zero-order valence-electron chi connectivity index (χ0n) is 9.10. The first-order chi connectivity index (χ1) is 7.45. The van der Waals surface area contributed by atoms with Gasteiger partial charge in [-0.15, -0.1) is 0 Å². The van der Waals surface area contributed by atoms with Gasteiger partial charge in [0.2, 0.25) is 0 Å². The van der Waals surface area contributed by atoms with Crippen molar-refractivity contribution in [3.8, 4) is 0 Å². The van der Waals surface area contributed by atoms with Crippen LogP contribution in [0.15, 0.2) is 30.3 Å². The highest BCUT2D eigenvalue weighted by Gasteiger charge is 2.32. The van der Waals surface area contributed by atoms with E-state index >= 15 is 0 Å². The number of anilines is 1. The van der Waals surface area contributed by atoms with E-state index in [4.69, 9.17) is 0 Å². The molecule has 1 unspecified atom stereocenters. The van der Waals surface area contributed by atoms with Crippen molar-refractivity contribution in [3.05, 3.63) is 30.3 Å². The molecule has 2 heterocycles. The van der Waals surface area contributed by atoms with Gasteiger partial charge in [-0.25, -0.2) is 0 Å². The van der Waals surface area contributed by atoms with Crippen molar-refractivity contribution in [2.24, 2.45) is 0 Å². The Morgan fingerprint density at radius 3 is 2.40 bits per heavy atom. The van der Waals surface area contributed by atoms with Crippen molar-refractivity contribution in [1.82, 2.24) is 4.90 Å². The summed E-state index contributed by atoms with van der Waals surface area (Å²) < 4.78 is 0. The number of hydrogen-bond donors (Lipinski definition) is 0. The number of rotatable bonds is 2. The van der Waals surface area contributed by atoms with Crippen LogP contribution in [0.1, 0.15) is 19.3 Å². The molecule has 0 saturated carbocycles. The lowest BCUT2D eigenvalue weighted by molar-refractivity contribution is 0.122. The monoisotopic (exact) mass is 202 g/mol. The fourth-order valence-corrected chi connectivity index (χ4v) is 2.69. The summed E-state index contributed by atoms with van der Waals surface area (Å²) >= 11 is 0. The van der Waals surface area contributed by atoms with Gasteiger partial charge in [0.15, 0.2) is 0 Å². The number of nitrogens with zero attached hydrogens (tertiary/aromatic N) is 2. The summed E-state index contributed by atoms with van der Waals surface area (Å²) in [5.74, 6) is 0. The van der Waals surface area contributed by atoms with E-state index in [0.29, 0.717) is 6.17 Å². The topological polar surface area (TPSA) is 6.48 Å². The summed E-state index contributed by atoms with van der Waals surface area (Å²) in [6, 6.07) is 10.8. The van der Waals surface area contributed by atoms with Crippen molar-refractivity contribution in [1.29, 1.82) is 0 Å². The molecule has 2 saturated heterocycles. The van der Waals surface area contributed by atoms with Gasteiger partial charge in [0.25, 0.3) is 0 Å². The van der Waals surface area contributed by atoms with Gasteiger partial charge < -0.3 is 4.90 Å². The summed E-state index contributed by atoms with van der Waals surface area (Å²) in [7, 11) is 0. The van der Waals surface area contributed by atoms with Crippen LogP contribution in [0.2, 0.25) is 0 Å². The van der Waals surface area contributed by atoms with Gasteiger partial charge in [0, 0.05) is 25.3 Å². The maximum atomic E-state index is 2.61. The molecule has 2 nitrogen and oxygen atoms in total. The molecule has 0 amide bonds. The summed E-state index contributed by atoms with van der Waals surface area (Å²) in [6.07, 6.45) is 4.76. The van der Waals surface area contributed by atoms with Crippen LogP contribution in [-0.2, 0) is 0 Å². The Kier molecular flexibility index (Phi) is 2.37. The van der Waals surface area contributed by atoms with Crippen LogP contribution in [0.3, 0.4) is 0 Å². The van der Waals surface area contributed by atoms with Gasteiger partial charge in [-0.05, 0) is 31.4 Å². The third-order valence-electron chi connectivity index (χ3n) is 3.62. The fourth-order valence-electron chi connectivity index (χ4n) is 2.69. The molecule has 0 N–H and O–H groups in total. The van der Waals surface area contributed by atoms with Crippen LogP contribution in [0.25, 0.3) is 0 Å². The minimum absolute atomic E-state index is 0.682. The first-order valence-corrected chi connectivity index (χ1v) is 6.01. The van der Waals surface area contributed by atoms with Crippen LogP contribution < -0.4 is 4.90 Å². The standard InChI is InChI=1S/C13H18N2/c1-2-6-12(7-3-1)15-11-4-8-13(15)14-9-5-10-14/h1-3,6-7,13H,4-5,8-11H2. The second kappa shape index (κ2) is 3.86. The largest absolute Gasteiger partial charge is 0.356 e. The lowest BCUT2D eigenvalue weighted by Crippen LogP contribution is -2.51. The SMILES string of the molecule is c1ccc(N2CCCC2N2CCC2)cc1. The highest BCUT2D eigenvalue weighted by molar-refractivity contribution is 5.47. The minimum atomic E-state index is 0.682. The average molecular weight is 202 g/mol. The maximum Gasteiger partial charge on any atom is 0.0821 e. The van der Waals surface area contributed by atoms with Crippen molar-refractivity contribution in [2.45, 2.75) is 25.4 Å². The second-order valence-corrected chi connectivity index (χ2v) is 4.54. The lowest BCUT2D eigenvalue weighted by Gasteiger charge is -2.41. The Bertz CT molecular complexity index is 319. The van der Waals surface area contributed by atoms with Gasteiger partial charge in [-0.1, -0.05) is 18.2 Å². The molecule has 2 fully saturated rings. The van der Waals surface area contributed by atoms with Gasteiger partial charge >= 0.3 is 0 Å². The van der Waals surface area contributed by atoms with Gasteiger partial charge in [-0.2, -0.15) is 0 Å². The molecule has 3 rings (SSSR count). The van der Waals surface area contributed by atoms with Crippen LogP contribution >= 0.6 is 0 Å². The van der Waals surface area contributed by atoms with Gasteiger partial charge in [-0.3, -0.25) is 4.90 Å². The predicted octanol–water partition coefficient (Wildman–Crippen LogP) is 2.32. The van der Waals surface area contributed by atoms with Crippen molar-refractivity contribution in [2.75, 3.05) is 24.5 Å². The van der Waals surface area contributed by atoms with E-state index in [1.807, 2.05) is 0 Å². The molecule has 0 spiro atoms. The Morgan fingerprint density at radius 2 is 1.73 bits per heavy atom. The highest BCUT2D eigenvalue weighted by atomic mass is 15.4. The number of hydrogen-bond acceptors (Lipinski definition) is 2. The Morgan fingerprint density at radius 1 is 0.933 bits per heavy atom. The van der Waals surface area contributed by atoms with E-state index < -0.39 is 0 Å². The van der Waals surface area contributed by atoms with Crippen molar-refractivity contribution < 1.29 is 0 Å². The molecule has 15 heavy (non-hydrogen) atoms. The fraction of sp³-hybridized carbons (Fsp3) is 0.538. The first kappa shape index (κ1) is 9.22. The van der Waals surface area contributed by atoms with Crippen molar-refractivity contribution >= 4 is 5.69 Å². The van der Waals surface area contributed by atoms with E-state index in [2.05, 4.69) is 40.1 Å². The quantitative estimate of drug-likeness (QED) is 0.726. The zero-order chi connectivity index (χ0) is 10.1. The smallest absolute Gasteiger partial charge is 0.0821 e. The number of para-hydroxylation sites is 1. The average Bonchev–Trinajstić information content (AvgIpc) is 2.65.